The van der Waals surface area contributed by atoms with E-state index in [1.165, 1.54) is 18.1 Å². The van der Waals surface area contributed by atoms with Crippen LogP contribution >= 0.6 is 11.8 Å². The number of nitrogens with zero attached hydrogens (tertiary/aromatic N) is 4. The molecule has 3 atom stereocenters. The fraction of sp³-hybridized carbons (Fsp3) is 0.583. The minimum atomic E-state index is -0.705. The van der Waals surface area contributed by atoms with Crippen molar-refractivity contribution in [3.63, 3.8) is 0 Å². The molecule has 1 aliphatic heterocycles. The van der Waals surface area contributed by atoms with Crippen LogP contribution in [-0.4, -0.2) is 61.9 Å². The molecular formula is C12H17N5O3S. The van der Waals surface area contributed by atoms with E-state index in [4.69, 9.17) is 4.74 Å². The van der Waals surface area contributed by atoms with Gasteiger partial charge in [-0.1, -0.05) is 0 Å². The maximum absolute atomic E-state index is 9.92. The summed E-state index contributed by atoms with van der Waals surface area (Å²) in [6.07, 6.45) is 2.08. The Hall–Kier alpha value is -1.42. The van der Waals surface area contributed by atoms with E-state index in [0.29, 0.717) is 23.5 Å². The average molecular weight is 311 g/mol. The van der Waals surface area contributed by atoms with Crippen molar-refractivity contribution in [3.05, 3.63) is 6.33 Å². The van der Waals surface area contributed by atoms with Crippen molar-refractivity contribution in [2.45, 2.75) is 29.9 Å². The molecule has 1 saturated heterocycles. The lowest BCUT2D eigenvalue weighted by Crippen LogP contribution is -2.24. The molecule has 9 heteroatoms. The fourth-order valence-corrected chi connectivity index (χ4v) is 3.01. The summed E-state index contributed by atoms with van der Waals surface area (Å²) in [5.74, 6) is 0.594. The number of hydrogen-bond donors (Lipinski definition) is 3. The zero-order valence-electron chi connectivity index (χ0n) is 11.7. The first-order valence-corrected chi connectivity index (χ1v) is 7.81. The molecule has 0 radical (unpaired) electrons. The molecule has 0 bridgehead atoms. The van der Waals surface area contributed by atoms with Crippen LogP contribution in [0.3, 0.4) is 0 Å². The second-order valence-corrected chi connectivity index (χ2v) is 5.52. The highest BCUT2D eigenvalue weighted by Gasteiger charge is 2.36. The topological polar surface area (TPSA) is 105 Å². The molecule has 0 amide bonds. The van der Waals surface area contributed by atoms with Gasteiger partial charge in [0.05, 0.1) is 12.7 Å². The highest BCUT2D eigenvalue weighted by molar-refractivity contribution is 7.98. The fourth-order valence-electron chi connectivity index (χ4n) is 2.52. The Morgan fingerprint density at radius 3 is 2.95 bits per heavy atom. The van der Waals surface area contributed by atoms with Gasteiger partial charge >= 0.3 is 0 Å². The van der Waals surface area contributed by atoms with Gasteiger partial charge in [-0.05, 0) is 6.26 Å². The monoisotopic (exact) mass is 311 g/mol. The average Bonchev–Trinajstić information content (AvgIpc) is 3.06. The van der Waals surface area contributed by atoms with Crippen molar-refractivity contribution in [3.8, 4) is 0 Å². The number of hydrogen-bond acceptors (Lipinski definition) is 8. The van der Waals surface area contributed by atoms with Crippen molar-refractivity contribution in [1.29, 1.82) is 0 Å². The van der Waals surface area contributed by atoms with Gasteiger partial charge < -0.3 is 20.3 Å². The van der Waals surface area contributed by atoms with E-state index < -0.39 is 18.4 Å². The molecule has 1 aliphatic rings. The normalized spacial score (nSPS) is 25.6. The van der Waals surface area contributed by atoms with Crippen LogP contribution in [0.25, 0.3) is 11.2 Å². The van der Waals surface area contributed by atoms with Crippen LogP contribution < -0.4 is 5.32 Å². The molecule has 2 aromatic rings. The number of rotatable bonds is 4. The first-order valence-electron chi connectivity index (χ1n) is 6.58. The summed E-state index contributed by atoms with van der Waals surface area (Å²) in [4.78, 5) is 13.0. The quantitative estimate of drug-likeness (QED) is 0.544. The third-order valence-corrected chi connectivity index (χ3v) is 4.22. The lowest BCUT2D eigenvalue weighted by atomic mass is 10.2. The lowest BCUT2D eigenvalue weighted by Gasteiger charge is -2.16. The minimum Gasteiger partial charge on any atom is -0.394 e. The zero-order chi connectivity index (χ0) is 15.0. The highest BCUT2D eigenvalue weighted by Crippen LogP contribution is 2.35. The van der Waals surface area contributed by atoms with Gasteiger partial charge in [0.15, 0.2) is 5.65 Å². The number of aliphatic hydroxyl groups excluding tert-OH is 2. The maximum Gasteiger partial charge on any atom is 0.207 e. The Balaban J connectivity index is 2.09. The van der Waals surface area contributed by atoms with Gasteiger partial charge in [0.2, 0.25) is 5.95 Å². The molecule has 2 aromatic heterocycles. The number of aliphatic hydroxyl groups is 2. The molecule has 0 saturated carbocycles. The van der Waals surface area contributed by atoms with Gasteiger partial charge in [0.1, 0.15) is 29.2 Å². The first-order chi connectivity index (χ1) is 10.2. The number of fused-ring (bicyclic) bond motifs is 1. The van der Waals surface area contributed by atoms with Crippen LogP contribution in [0, 0.1) is 0 Å². The van der Waals surface area contributed by atoms with Crippen molar-refractivity contribution in [2.75, 3.05) is 25.2 Å². The number of aromatic nitrogens is 4. The van der Waals surface area contributed by atoms with Gasteiger partial charge in [-0.3, -0.25) is 4.57 Å². The van der Waals surface area contributed by atoms with Gasteiger partial charge in [-0.15, -0.1) is 11.8 Å². The minimum absolute atomic E-state index is 0.218. The van der Waals surface area contributed by atoms with Crippen LogP contribution in [0.15, 0.2) is 11.4 Å². The SMILES string of the molecule is CNc1nc2c(SC)ncnc2n1[C@@H]1C[C@@H](O)[C@H](CO)O1. The third-order valence-electron chi connectivity index (χ3n) is 3.53. The molecule has 0 aliphatic carbocycles. The Morgan fingerprint density at radius 1 is 1.52 bits per heavy atom. The molecule has 8 nitrogen and oxygen atoms in total. The Bertz CT molecular complexity index is 649. The molecule has 114 valence electrons. The second kappa shape index (κ2) is 5.76. The van der Waals surface area contributed by atoms with E-state index in [9.17, 15) is 10.2 Å². The van der Waals surface area contributed by atoms with Crippen molar-refractivity contribution in [2.24, 2.45) is 0 Å². The Kier molecular flexibility index (Phi) is 3.98. The van der Waals surface area contributed by atoms with Crippen molar-refractivity contribution in [1.82, 2.24) is 19.5 Å². The van der Waals surface area contributed by atoms with E-state index in [2.05, 4.69) is 20.3 Å². The third kappa shape index (κ3) is 2.35. The largest absolute Gasteiger partial charge is 0.394 e. The van der Waals surface area contributed by atoms with Crippen molar-refractivity contribution >= 4 is 28.9 Å². The Labute approximate surface area is 125 Å². The van der Waals surface area contributed by atoms with Crippen LogP contribution in [0.5, 0.6) is 0 Å². The van der Waals surface area contributed by atoms with Gasteiger partial charge in [0.25, 0.3) is 0 Å². The molecule has 21 heavy (non-hydrogen) atoms. The molecule has 3 rings (SSSR count). The van der Waals surface area contributed by atoms with Crippen LogP contribution in [0.1, 0.15) is 12.6 Å². The lowest BCUT2D eigenvalue weighted by molar-refractivity contribution is -0.0425. The second-order valence-electron chi connectivity index (χ2n) is 4.73. The van der Waals surface area contributed by atoms with E-state index in [1.807, 2.05) is 6.26 Å². The smallest absolute Gasteiger partial charge is 0.207 e. The number of anilines is 1. The van der Waals surface area contributed by atoms with E-state index in [-0.39, 0.29) is 6.61 Å². The molecule has 3 N–H and O–H groups in total. The summed E-state index contributed by atoms with van der Waals surface area (Å²) in [6.45, 7) is -0.218. The van der Waals surface area contributed by atoms with Gasteiger partial charge in [0, 0.05) is 13.5 Å². The van der Waals surface area contributed by atoms with Gasteiger partial charge in [-0.2, -0.15) is 0 Å². The standard InChI is InChI=1S/C12H17N5O3S/c1-13-12-16-9-10(14-5-15-11(9)21-2)17(12)8-3-6(19)7(4-18)20-8/h5-8,18-19H,3-4H2,1-2H3,(H,13,16)/t6-,7+,8+/m1/s1. The van der Waals surface area contributed by atoms with Crippen LogP contribution in [0.2, 0.25) is 0 Å². The number of thioether (sulfide) groups is 1. The Morgan fingerprint density at radius 2 is 2.33 bits per heavy atom. The zero-order valence-corrected chi connectivity index (χ0v) is 12.5. The van der Waals surface area contributed by atoms with Gasteiger partial charge in [-0.25, -0.2) is 15.0 Å². The maximum atomic E-state index is 9.92. The molecule has 1 fully saturated rings. The summed E-state index contributed by atoms with van der Waals surface area (Å²) < 4.78 is 7.51. The predicted molar refractivity (Wildman–Crippen MR) is 78.3 cm³/mol. The van der Waals surface area contributed by atoms with Crippen LogP contribution in [-0.2, 0) is 4.74 Å². The van der Waals surface area contributed by atoms with E-state index >= 15 is 0 Å². The van der Waals surface area contributed by atoms with E-state index in [1.54, 1.807) is 11.6 Å². The summed E-state index contributed by atoms with van der Waals surface area (Å²) in [5, 5.41) is 22.9. The number of imidazole rings is 1. The molecule has 0 spiro atoms. The molecular weight excluding hydrogens is 294 g/mol. The summed E-state index contributed by atoms with van der Waals surface area (Å²) in [7, 11) is 1.76. The molecule has 0 unspecified atom stereocenters. The van der Waals surface area contributed by atoms with Crippen LogP contribution in [0.4, 0.5) is 5.95 Å². The molecule has 3 heterocycles. The summed E-state index contributed by atoms with van der Waals surface area (Å²) in [5.41, 5.74) is 1.34. The van der Waals surface area contributed by atoms with E-state index in [0.717, 1.165) is 5.03 Å². The highest BCUT2D eigenvalue weighted by atomic mass is 32.2. The predicted octanol–water partition coefficient (Wildman–Crippen LogP) is 0.231. The summed E-state index contributed by atoms with van der Waals surface area (Å²) in [6, 6.07) is 0. The first kappa shape index (κ1) is 14.5. The summed E-state index contributed by atoms with van der Waals surface area (Å²) >= 11 is 1.49. The number of ether oxygens (including phenoxy) is 1. The molecule has 0 aromatic carbocycles. The number of nitrogens with one attached hydrogen (secondary N) is 1. The van der Waals surface area contributed by atoms with Crippen molar-refractivity contribution < 1.29 is 14.9 Å².